The lowest BCUT2D eigenvalue weighted by Gasteiger charge is -2.07. The lowest BCUT2D eigenvalue weighted by Crippen LogP contribution is -2.02. The number of thioether (sulfide) groups is 1. The summed E-state index contributed by atoms with van der Waals surface area (Å²) >= 11 is 6.45. The molecule has 1 aromatic carbocycles. The van der Waals surface area contributed by atoms with Crippen LogP contribution in [0.3, 0.4) is 0 Å². The molecule has 0 spiro atoms. The van der Waals surface area contributed by atoms with Crippen LogP contribution in [0.5, 0.6) is 0 Å². The average molecular weight is 267 g/mol. The molecule has 1 aromatic rings. The number of hydrogen-bond donors (Lipinski definition) is 1. The Morgan fingerprint density at radius 2 is 1.88 bits per heavy atom. The van der Waals surface area contributed by atoms with E-state index < -0.39 is 0 Å². The molecule has 0 atom stereocenters. The van der Waals surface area contributed by atoms with Crippen LogP contribution in [0, 0.1) is 0 Å². The number of aryl methyl sites for hydroxylation is 1. The molecule has 94 valence electrons. The Kier molecular flexibility index (Phi) is 7.29. The summed E-state index contributed by atoms with van der Waals surface area (Å²) in [4.78, 5) is 1.22. The molecule has 0 amide bonds. The second-order valence-corrected chi connectivity index (χ2v) is 5.98. The van der Waals surface area contributed by atoms with Gasteiger partial charge in [0.15, 0.2) is 0 Å². The third-order valence-electron chi connectivity index (χ3n) is 2.73. The topological polar surface area (TPSA) is 26.0 Å². The number of hydrogen-bond acceptors (Lipinski definition) is 2. The fourth-order valence-corrected chi connectivity index (χ4v) is 2.77. The van der Waals surface area contributed by atoms with Gasteiger partial charge in [0.05, 0.1) is 0 Å². The Balaban J connectivity index is 2.43. The number of thiocarbonyl (C=S) groups is 1. The van der Waals surface area contributed by atoms with E-state index in [0.717, 1.165) is 6.42 Å². The molecule has 0 radical (unpaired) electrons. The maximum absolute atomic E-state index is 5.58. The highest BCUT2D eigenvalue weighted by molar-refractivity contribution is 8.23. The maximum Gasteiger partial charge on any atom is 0.136 e. The Hall–Kier alpha value is -0.540. The minimum atomic E-state index is 0.503. The Labute approximate surface area is 114 Å². The molecular weight excluding hydrogens is 246 g/mol. The molecule has 3 heteroatoms. The number of benzene rings is 1. The van der Waals surface area contributed by atoms with Gasteiger partial charge in [-0.15, -0.1) is 0 Å². The van der Waals surface area contributed by atoms with Crippen molar-refractivity contribution < 1.29 is 0 Å². The van der Waals surface area contributed by atoms with Gasteiger partial charge in [-0.1, -0.05) is 74.8 Å². The van der Waals surface area contributed by atoms with E-state index in [-0.39, 0.29) is 0 Å². The molecular formula is C14H21NS2. The van der Waals surface area contributed by atoms with Gasteiger partial charge in [0.2, 0.25) is 0 Å². The summed E-state index contributed by atoms with van der Waals surface area (Å²) in [5, 5.41) is 0. The summed E-state index contributed by atoms with van der Waals surface area (Å²) in [5.74, 6) is 0. The summed E-state index contributed by atoms with van der Waals surface area (Å²) < 4.78 is 0.503. The van der Waals surface area contributed by atoms with Crippen molar-refractivity contribution in [2.45, 2.75) is 50.3 Å². The van der Waals surface area contributed by atoms with Gasteiger partial charge in [0.25, 0.3) is 0 Å². The molecule has 0 fully saturated rings. The smallest absolute Gasteiger partial charge is 0.136 e. The fraction of sp³-hybridized carbons (Fsp3) is 0.500. The van der Waals surface area contributed by atoms with Crippen LogP contribution in [0.25, 0.3) is 0 Å². The Bertz CT molecular complexity index is 350. The lowest BCUT2D eigenvalue weighted by atomic mass is 10.1. The van der Waals surface area contributed by atoms with Crippen molar-refractivity contribution in [1.29, 1.82) is 0 Å². The summed E-state index contributed by atoms with van der Waals surface area (Å²) in [5.41, 5.74) is 6.96. The normalized spacial score (nSPS) is 10.4. The van der Waals surface area contributed by atoms with Gasteiger partial charge in [-0.05, 0) is 24.5 Å². The zero-order chi connectivity index (χ0) is 12.5. The van der Waals surface area contributed by atoms with Crippen molar-refractivity contribution in [3.8, 4) is 0 Å². The van der Waals surface area contributed by atoms with E-state index in [4.69, 9.17) is 18.0 Å². The highest BCUT2D eigenvalue weighted by Gasteiger charge is 2.03. The number of rotatable bonds is 7. The van der Waals surface area contributed by atoms with Crippen LogP contribution in [-0.4, -0.2) is 4.32 Å². The highest BCUT2D eigenvalue weighted by Crippen LogP contribution is 2.24. The Morgan fingerprint density at radius 1 is 1.18 bits per heavy atom. The highest BCUT2D eigenvalue weighted by atomic mass is 32.2. The van der Waals surface area contributed by atoms with Crippen molar-refractivity contribution in [2.24, 2.45) is 5.73 Å². The molecule has 0 aliphatic carbocycles. The van der Waals surface area contributed by atoms with E-state index >= 15 is 0 Å². The lowest BCUT2D eigenvalue weighted by molar-refractivity contribution is 0.630. The van der Waals surface area contributed by atoms with Crippen LogP contribution in [0.1, 0.15) is 44.6 Å². The molecule has 0 aromatic heterocycles. The first-order valence-electron chi connectivity index (χ1n) is 6.29. The van der Waals surface area contributed by atoms with Gasteiger partial charge in [-0.3, -0.25) is 0 Å². The molecule has 0 aliphatic rings. The molecule has 0 heterocycles. The summed E-state index contributed by atoms with van der Waals surface area (Å²) in [6.45, 7) is 2.24. The van der Waals surface area contributed by atoms with Crippen LogP contribution in [-0.2, 0) is 6.42 Å². The summed E-state index contributed by atoms with van der Waals surface area (Å²) in [7, 11) is 0. The predicted octanol–water partition coefficient (Wildman–Crippen LogP) is 4.54. The summed E-state index contributed by atoms with van der Waals surface area (Å²) in [6.07, 6.45) is 7.71. The molecule has 1 rings (SSSR count). The van der Waals surface area contributed by atoms with Gasteiger partial charge in [0.1, 0.15) is 4.32 Å². The van der Waals surface area contributed by atoms with Gasteiger partial charge in [0, 0.05) is 4.90 Å². The third-order valence-corrected chi connectivity index (χ3v) is 3.80. The van der Waals surface area contributed by atoms with E-state index in [1.807, 2.05) is 6.07 Å². The van der Waals surface area contributed by atoms with Crippen molar-refractivity contribution in [3.63, 3.8) is 0 Å². The SMILES string of the molecule is CCCCCCCc1ccccc1SC(N)=S. The molecule has 1 nitrogen and oxygen atoms in total. The van der Waals surface area contributed by atoms with Crippen LogP contribution in [0.2, 0.25) is 0 Å². The van der Waals surface area contributed by atoms with Crippen molar-refractivity contribution in [2.75, 3.05) is 0 Å². The number of unbranched alkanes of at least 4 members (excludes halogenated alkanes) is 4. The Morgan fingerprint density at radius 3 is 2.59 bits per heavy atom. The molecule has 0 saturated heterocycles. The first-order valence-corrected chi connectivity index (χ1v) is 7.51. The van der Waals surface area contributed by atoms with Gasteiger partial charge >= 0.3 is 0 Å². The standard InChI is InChI=1S/C14H21NS2/c1-2-3-4-5-6-9-12-10-7-8-11-13(12)17-14(15)16/h7-8,10-11H,2-6,9H2,1H3,(H2,15,16). The molecule has 0 saturated carbocycles. The van der Waals surface area contributed by atoms with Gasteiger partial charge in [-0.2, -0.15) is 0 Å². The zero-order valence-electron chi connectivity index (χ0n) is 10.4. The van der Waals surface area contributed by atoms with Gasteiger partial charge < -0.3 is 5.73 Å². The maximum atomic E-state index is 5.58. The summed E-state index contributed by atoms with van der Waals surface area (Å²) in [6, 6.07) is 8.41. The molecule has 0 bridgehead atoms. The zero-order valence-corrected chi connectivity index (χ0v) is 12.1. The van der Waals surface area contributed by atoms with E-state index in [1.165, 1.54) is 54.3 Å². The van der Waals surface area contributed by atoms with Gasteiger partial charge in [-0.25, -0.2) is 0 Å². The monoisotopic (exact) mass is 267 g/mol. The van der Waals surface area contributed by atoms with Crippen LogP contribution < -0.4 is 5.73 Å². The third kappa shape index (κ3) is 6.08. The molecule has 2 N–H and O–H groups in total. The minimum Gasteiger partial charge on any atom is -0.384 e. The quantitative estimate of drug-likeness (QED) is 0.446. The van der Waals surface area contributed by atoms with E-state index in [2.05, 4.69) is 25.1 Å². The second kappa shape index (κ2) is 8.54. The van der Waals surface area contributed by atoms with E-state index in [0.29, 0.717) is 4.32 Å². The van der Waals surface area contributed by atoms with E-state index in [9.17, 15) is 0 Å². The molecule has 17 heavy (non-hydrogen) atoms. The van der Waals surface area contributed by atoms with Crippen LogP contribution >= 0.6 is 24.0 Å². The van der Waals surface area contributed by atoms with Crippen molar-refractivity contribution >= 4 is 28.3 Å². The van der Waals surface area contributed by atoms with E-state index in [1.54, 1.807) is 0 Å². The number of nitrogens with two attached hydrogens (primary N) is 1. The van der Waals surface area contributed by atoms with Crippen molar-refractivity contribution in [1.82, 2.24) is 0 Å². The largest absolute Gasteiger partial charge is 0.384 e. The average Bonchev–Trinajstić information content (AvgIpc) is 2.30. The predicted molar refractivity (Wildman–Crippen MR) is 81.5 cm³/mol. The molecule has 0 unspecified atom stereocenters. The fourth-order valence-electron chi connectivity index (χ4n) is 1.84. The second-order valence-electron chi connectivity index (χ2n) is 4.19. The molecule has 0 aliphatic heterocycles. The minimum absolute atomic E-state index is 0.503. The first-order chi connectivity index (χ1) is 8.24. The first kappa shape index (κ1) is 14.5. The van der Waals surface area contributed by atoms with Crippen LogP contribution in [0.15, 0.2) is 29.2 Å². The van der Waals surface area contributed by atoms with Crippen molar-refractivity contribution in [3.05, 3.63) is 29.8 Å². The van der Waals surface area contributed by atoms with Crippen LogP contribution in [0.4, 0.5) is 0 Å².